The molecular weight excluding hydrogens is 1250 g/mol. The number of nitrogens with zero attached hydrogens (tertiary/aromatic N) is 4. The number of carbonyl (C=O) groups excluding carboxylic acids is 5. The van der Waals surface area contributed by atoms with Crippen molar-refractivity contribution >= 4 is 118 Å². The summed E-state index contributed by atoms with van der Waals surface area (Å²) < 4.78 is 43.7. The van der Waals surface area contributed by atoms with Gasteiger partial charge in [0, 0.05) is 122 Å². The van der Waals surface area contributed by atoms with Crippen LogP contribution in [-0.4, -0.2) is 88.6 Å². The number of anilines is 3. The first kappa shape index (κ1) is 65.0. The minimum atomic E-state index is -1.35. The first-order chi connectivity index (χ1) is 42.0. The van der Waals surface area contributed by atoms with Crippen molar-refractivity contribution in [1.29, 1.82) is 0 Å². The molecule has 87 heavy (non-hydrogen) atoms. The molecule has 0 aliphatic rings. The summed E-state index contributed by atoms with van der Waals surface area (Å²) in [4.78, 5) is 98.1. The number of unbranched alkanes of at least 4 members (excludes halogenated alkanes) is 4. The van der Waals surface area contributed by atoms with E-state index >= 15 is 0 Å². The third-order valence-electron chi connectivity index (χ3n) is 12.9. The number of benzene rings is 3. The van der Waals surface area contributed by atoms with E-state index in [1.807, 2.05) is 57.3 Å². The third kappa shape index (κ3) is 18.5. The van der Waals surface area contributed by atoms with Crippen LogP contribution in [0, 0.1) is 17.5 Å². The van der Waals surface area contributed by atoms with Crippen LogP contribution in [0.3, 0.4) is 0 Å². The Morgan fingerprint density at radius 2 is 1.02 bits per heavy atom. The standard InChI is InChI=1S/C24H22FN5O2.C19H18BrFN4O2.C13H16FNO3.C7H5BrN2/c1-2-3-9-27-24(32)30-16-7-8-20(25)18(12-16)22(31)19-14-29-23-17(19)11-15(13-28-23)21-6-4-5-10-26-21;1-2-3-6-22-19(27)25-12-4-5-16(21)14(8-12)17(26)15-10-24-18-13(15)7-11(20)9-23-18;1-2-3-4-5-12(16)15-9-6-7-11(14)10(8-9)13(17)18;8-6-3-5-1-2-9-7(5)10-4-6/h4-8,10-14H,2-3,9H2,1H3,(H,28,29)(H2,27,30,32);4-5,7-10H,2-3,6H2,1H3,(H,23,24)(H2,22,25,27);6-8H,2-5H2,1H3,(H,15,16)(H,17,18);1-4H,(H,9,10). The SMILES string of the molecule is Brc1cnc2[nH]ccc2c1.CCCCCC(=O)Nc1ccc(F)c(C(=O)O)c1.CCCCNC(=O)Nc1ccc(F)c(C(=O)c2c[nH]c3ncc(-c4ccccn4)cc23)c1.CCCCNC(=O)Nc1ccc(F)c(C(=O)c2c[nH]c3ncc(Br)cc23)c1. The number of aromatic nitrogens is 7. The Morgan fingerprint density at radius 3 is 1.56 bits per heavy atom. The number of urea groups is 2. The fourth-order valence-corrected chi connectivity index (χ4v) is 9.10. The van der Waals surface area contributed by atoms with E-state index in [1.54, 1.807) is 36.9 Å². The predicted molar refractivity (Wildman–Crippen MR) is 337 cm³/mol. The normalized spacial score (nSPS) is 10.6. The van der Waals surface area contributed by atoms with E-state index in [1.165, 1.54) is 48.8 Å². The molecule has 0 saturated heterocycles. The Balaban J connectivity index is 0.000000177. The van der Waals surface area contributed by atoms with Crippen LogP contribution < -0.4 is 26.6 Å². The van der Waals surface area contributed by atoms with Crippen LogP contribution in [0.4, 0.5) is 39.8 Å². The largest absolute Gasteiger partial charge is 0.478 e. The number of amides is 5. The van der Waals surface area contributed by atoms with Gasteiger partial charge >= 0.3 is 18.0 Å². The highest BCUT2D eigenvalue weighted by Crippen LogP contribution is 2.29. The van der Waals surface area contributed by atoms with E-state index < -0.39 is 52.6 Å². The van der Waals surface area contributed by atoms with Gasteiger partial charge in [-0.2, -0.15) is 0 Å². The fourth-order valence-electron chi connectivity index (χ4n) is 8.42. The van der Waals surface area contributed by atoms with Crippen molar-refractivity contribution < 1.29 is 47.0 Å². The summed E-state index contributed by atoms with van der Waals surface area (Å²) in [5, 5.41) is 24.3. The third-order valence-corrected chi connectivity index (χ3v) is 13.8. The van der Waals surface area contributed by atoms with E-state index in [0.29, 0.717) is 74.4 Å². The maximum absolute atomic E-state index is 14.6. The number of ketones is 2. The van der Waals surface area contributed by atoms with Gasteiger partial charge in [-0.05, 0) is 142 Å². The van der Waals surface area contributed by atoms with Gasteiger partial charge in [-0.15, -0.1) is 0 Å². The minimum Gasteiger partial charge on any atom is -0.478 e. The molecule has 0 atom stereocenters. The topological polar surface area (TPSA) is 282 Å². The van der Waals surface area contributed by atoms with Gasteiger partial charge in [0.15, 0.2) is 11.6 Å². The van der Waals surface area contributed by atoms with Crippen molar-refractivity contribution in [2.75, 3.05) is 29.0 Å². The van der Waals surface area contributed by atoms with Crippen molar-refractivity contribution in [3.8, 4) is 11.3 Å². The van der Waals surface area contributed by atoms with E-state index in [-0.39, 0.29) is 22.6 Å². The lowest BCUT2D eigenvalue weighted by Crippen LogP contribution is -2.29. The average molecular weight is 1320 g/mol. The molecular formula is C63H61Br2F3N12O7. The zero-order valence-corrected chi connectivity index (χ0v) is 50.6. The Hall–Kier alpha value is -9.55. The molecule has 0 unspecified atom stereocenters. The maximum atomic E-state index is 14.6. The second-order valence-electron chi connectivity index (χ2n) is 19.4. The lowest BCUT2D eigenvalue weighted by molar-refractivity contribution is -0.116. The second kappa shape index (κ2) is 32.1. The summed E-state index contributed by atoms with van der Waals surface area (Å²) in [5.74, 6) is -4.69. The van der Waals surface area contributed by atoms with E-state index in [0.717, 1.165) is 84.2 Å². The van der Waals surface area contributed by atoms with Crippen LogP contribution in [0.5, 0.6) is 0 Å². The highest BCUT2D eigenvalue weighted by molar-refractivity contribution is 9.10. The van der Waals surface area contributed by atoms with Gasteiger partial charge in [0.2, 0.25) is 5.91 Å². The molecule has 0 saturated carbocycles. The quantitative estimate of drug-likeness (QED) is 0.0271. The number of halogens is 5. The van der Waals surface area contributed by atoms with Crippen LogP contribution in [0.15, 0.2) is 149 Å². The molecule has 450 valence electrons. The fraction of sp³-hybridized carbons (Fsp3) is 0.206. The molecule has 0 bridgehead atoms. The summed E-state index contributed by atoms with van der Waals surface area (Å²) in [7, 11) is 0. The lowest BCUT2D eigenvalue weighted by Gasteiger charge is -2.09. The molecule has 10 rings (SSSR count). The minimum absolute atomic E-state index is 0.123. The van der Waals surface area contributed by atoms with Crippen LogP contribution in [0.1, 0.15) is 114 Å². The Bertz CT molecular complexity index is 4050. The Morgan fingerprint density at radius 1 is 0.517 bits per heavy atom. The number of pyridine rings is 4. The van der Waals surface area contributed by atoms with Crippen molar-refractivity contribution in [2.45, 2.75) is 72.1 Å². The van der Waals surface area contributed by atoms with Gasteiger partial charge < -0.3 is 46.6 Å². The number of hydrogen-bond acceptors (Lipinski definition) is 10. The maximum Gasteiger partial charge on any atom is 0.338 e. The zero-order chi connectivity index (χ0) is 62.4. The summed E-state index contributed by atoms with van der Waals surface area (Å²) in [6.07, 6.45) is 18.4. The van der Waals surface area contributed by atoms with Gasteiger partial charge in [0.1, 0.15) is 34.4 Å². The second-order valence-corrected chi connectivity index (χ2v) is 21.2. The molecule has 9 N–H and O–H groups in total. The van der Waals surface area contributed by atoms with Gasteiger partial charge in [0.25, 0.3) is 0 Å². The first-order valence-electron chi connectivity index (χ1n) is 27.7. The molecule has 0 fully saturated rings. The van der Waals surface area contributed by atoms with Gasteiger partial charge in [-0.3, -0.25) is 19.4 Å². The molecule has 3 aromatic carbocycles. The van der Waals surface area contributed by atoms with Gasteiger partial charge in [-0.1, -0.05) is 52.5 Å². The van der Waals surface area contributed by atoms with Crippen molar-refractivity contribution in [3.05, 3.63) is 195 Å². The van der Waals surface area contributed by atoms with Crippen molar-refractivity contribution in [2.24, 2.45) is 0 Å². The van der Waals surface area contributed by atoms with Gasteiger partial charge in [0.05, 0.1) is 22.4 Å². The number of H-pyrrole nitrogens is 3. The smallest absolute Gasteiger partial charge is 0.338 e. The number of hydrogen-bond donors (Lipinski definition) is 9. The van der Waals surface area contributed by atoms with Gasteiger partial charge in [-0.25, -0.2) is 42.5 Å². The number of nitrogens with one attached hydrogen (secondary N) is 8. The number of aromatic amines is 3. The summed E-state index contributed by atoms with van der Waals surface area (Å²) in [6, 6.07) is 23.6. The molecule has 7 heterocycles. The number of fused-ring (bicyclic) bond motifs is 3. The Labute approximate surface area is 514 Å². The molecule has 0 aliphatic carbocycles. The lowest BCUT2D eigenvalue weighted by atomic mass is 10.0. The zero-order valence-electron chi connectivity index (χ0n) is 47.4. The van der Waals surface area contributed by atoms with Crippen LogP contribution in [0.2, 0.25) is 0 Å². The van der Waals surface area contributed by atoms with Crippen LogP contribution in [0.25, 0.3) is 44.4 Å². The Kier molecular flexibility index (Phi) is 24.0. The van der Waals surface area contributed by atoms with E-state index in [4.69, 9.17) is 5.11 Å². The summed E-state index contributed by atoms with van der Waals surface area (Å²) >= 11 is 6.66. The highest BCUT2D eigenvalue weighted by atomic mass is 79.9. The molecule has 0 radical (unpaired) electrons. The molecule has 7 aromatic heterocycles. The molecule has 0 spiro atoms. The summed E-state index contributed by atoms with van der Waals surface area (Å²) in [6.45, 7) is 7.17. The number of carbonyl (C=O) groups is 6. The molecule has 19 nitrogen and oxygen atoms in total. The van der Waals surface area contributed by atoms with Crippen molar-refractivity contribution in [1.82, 2.24) is 45.5 Å². The monoisotopic (exact) mass is 1310 g/mol. The number of carboxylic acids is 1. The number of aromatic carboxylic acids is 1. The number of rotatable bonds is 19. The molecule has 5 amide bonds. The van der Waals surface area contributed by atoms with E-state index in [2.05, 4.69) is 93.3 Å². The number of carboxylic acid groups (broad SMARTS) is 1. The van der Waals surface area contributed by atoms with Crippen LogP contribution >= 0.6 is 31.9 Å². The molecule has 0 aliphatic heterocycles. The summed E-state index contributed by atoms with van der Waals surface area (Å²) in [5.41, 5.74) is 4.30. The highest BCUT2D eigenvalue weighted by Gasteiger charge is 2.22. The van der Waals surface area contributed by atoms with E-state index in [9.17, 15) is 41.9 Å². The molecule has 10 aromatic rings. The van der Waals surface area contributed by atoms with Crippen LogP contribution in [-0.2, 0) is 4.79 Å². The molecule has 24 heteroatoms. The average Bonchev–Trinajstić information content (AvgIpc) is 2.37. The van der Waals surface area contributed by atoms with Crippen molar-refractivity contribution in [3.63, 3.8) is 0 Å². The first-order valence-corrected chi connectivity index (χ1v) is 29.3. The predicted octanol–water partition coefficient (Wildman–Crippen LogP) is 14.9.